The van der Waals surface area contributed by atoms with Crippen LogP contribution in [0.25, 0.3) is 21.8 Å². The fourth-order valence-corrected chi connectivity index (χ4v) is 3.24. The molecule has 0 unspecified atom stereocenters. The molecule has 1 amide bonds. The van der Waals surface area contributed by atoms with Gasteiger partial charge in [-0.3, -0.25) is 4.79 Å². The minimum absolute atomic E-state index is 0.172. The lowest BCUT2D eigenvalue weighted by Gasteiger charge is -2.04. The number of thiazole rings is 1. The van der Waals surface area contributed by atoms with E-state index in [-0.39, 0.29) is 11.7 Å². The van der Waals surface area contributed by atoms with Gasteiger partial charge in [0.05, 0.1) is 11.9 Å². The Morgan fingerprint density at radius 2 is 1.84 bits per heavy atom. The van der Waals surface area contributed by atoms with Gasteiger partial charge in [-0.25, -0.2) is 4.98 Å². The SMILES string of the molecule is O=C(Nc1cccc(-c2csc(-c3ccccc3)n2)c1)c1ccno1. The van der Waals surface area contributed by atoms with Crippen LogP contribution < -0.4 is 5.32 Å². The summed E-state index contributed by atoms with van der Waals surface area (Å²) in [6, 6.07) is 19.1. The van der Waals surface area contributed by atoms with Crippen LogP contribution >= 0.6 is 11.3 Å². The number of nitrogens with one attached hydrogen (secondary N) is 1. The van der Waals surface area contributed by atoms with Crippen LogP contribution in [0.4, 0.5) is 5.69 Å². The number of benzene rings is 2. The van der Waals surface area contributed by atoms with E-state index in [0.29, 0.717) is 5.69 Å². The second-order valence-electron chi connectivity index (χ2n) is 5.32. The smallest absolute Gasteiger partial charge is 0.294 e. The van der Waals surface area contributed by atoms with E-state index in [2.05, 4.69) is 10.5 Å². The van der Waals surface area contributed by atoms with Crippen LogP contribution in [0.1, 0.15) is 10.6 Å². The molecule has 6 heteroatoms. The first-order valence-corrected chi connectivity index (χ1v) is 8.51. The fourth-order valence-electron chi connectivity index (χ4n) is 2.40. The van der Waals surface area contributed by atoms with E-state index >= 15 is 0 Å². The van der Waals surface area contributed by atoms with Crippen LogP contribution in [0.3, 0.4) is 0 Å². The van der Waals surface area contributed by atoms with Crippen molar-refractivity contribution in [1.29, 1.82) is 0 Å². The zero-order valence-corrected chi connectivity index (χ0v) is 13.9. The molecular weight excluding hydrogens is 334 g/mol. The summed E-state index contributed by atoms with van der Waals surface area (Å²) in [7, 11) is 0. The third-order valence-electron chi connectivity index (χ3n) is 3.60. The molecule has 2 heterocycles. The number of carbonyl (C=O) groups excluding carboxylic acids is 1. The molecule has 0 saturated heterocycles. The van der Waals surface area contributed by atoms with Crippen molar-refractivity contribution in [1.82, 2.24) is 10.1 Å². The third-order valence-corrected chi connectivity index (χ3v) is 4.49. The highest BCUT2D eigenvalue weighted by Gasteiger charge is 2.11. The van der Waals surface area contributed by atoms with Crippen LogP contribution in [0.15, 0.2) is 76.8 Å². The highest BCUT2D eigenvalue weighted by Crippen LogP contribution is 2.29. The minimum atomic E-state index is -0.335. The molecule has 4 rings (SSSR count). The van der Waals surface area contributed by atoms with E-state index in [0.717, 1.165) is 21.8 Å². The van der Waals surface area contributed by atoms with E-state index in [1.807, 2.05) is 60.0 Å². The lowest BCUT2D eigenvalue weighted by Crippen LogP contribution is -2.10. The van der Waals surface area contributed by atoms with E-state index < -0.39 is 0 Å². The van der Waals surface area contributed by atoms with E-state index in [1.165, 1.54) is 12.3 Å². The summed E-state index contributed by atoms with van der Waals surface area (Å²) < 4.78 is 4.86. The quantitative estimate of drug-likeness (QED) is 0.580. The summed E-state index contributed by atoms with van der Waals surface area (Å²) in [4.78, 5) is 16.8. The van der Waals surface area contributed by atoms with Crippen molar-refractivity contribution in [2.45, 2.75) is 0 Å². The van der Waals surface area contributed by atoms with Crippen molar-refractivity contribution in [3.63, 3.8) is 0 Å². The van der Waals surface area contributed by atoms with Gasteiger partial charge in [0.15, 0.2) is 0 Å². The molecule has 4 aromatic rings. The molecule has 5 nitrogen and oxygen atoms in total. The zero-order chi connectivity index (χ0) is 17.1. The number of anilines is 1. The second-order valence-corrected chi connectivity index (χ2v) is 6.17. The van der Waals surface area contributed by atoms with Gasteiger partial charge in [0, 0.05) is 28.3 Å². The Bertz CT molecular complexity index is 994. The van der Waals surface area contributed by atoms with Crippen molar-refractivity contribution in [3.8, 4) is 21.8 Å². The molecule has 1 N–H and O–H groups in total. The standard InChI is InChI=1S/C19H13N3O2S/c23-18(17-9-10-20-24-17)21-15-8-4-7-14(11-15)16-12-25-19(22-16)13-5-2-1-3-6-13/h1-12H,(H,21,23). The number of rotatable bonds is 4. The number of amides is 1. The minimum Gasteiger partial charge on any atom is -0.351 e. The van der Waals surface area contributed by atoms with Crippen molar-refractivity contribution in [2.75, 3.05) is 5.32 Å². The fraction of sp³-hybridized carbons (Fsp3) is 0. The Labute approximate surface area is 148 Å². The molecule has 0 aliphatic rings. The van der Waals surface area contributed by atoms with Gasteiger partial charge in [0.2, 0.25) is 5.76 Å². The predicted molar refractivity (Wildman–Crippen MR) is 97.4 cm³/mol. The average Bonchev–Trinajstić information content (AvgIpc) is 3.35. The summed E-state index contributed by atoms with van der Waals surface area (Å²) in [5, 5.41) is 9.31. The predicted octanol–water partition coefficient (Wildman–Crippen LogP) is 4.72. The van der Waals surface area contributed by atoms with E-state index in [1.54, 1.807) is 11.3 Å². The first kappa shape index (κ1) is 15.3. The van der Waals surface area contributed by atoms with E-state index in [4.69, 9.17) is 9.51 Å². The molecule has 2 aromatic heterocycles. The lowest BCUT2D eigenvalue weighted by atomic mass is 10.1. The number of nitrogens with zero attached hydrogens (tertiary/aromatic N) is 2. The molecule has 0 radical (unpaired) electrons. The Kier molecular flexibility index (Phi) is 4.10. The number of hydrogen-bond acceptors (Lipinski definition) is 5. The van der Waals surface area contributed by atoms with Crippen molar-refractivity contribution >= 4 is 22.9 Å². The van der Waals surface area contributed by atoms with Gasteiger partial charge >= 0.3 is 0 Å². The molecule has 122 valence electrons. The summed E-state index contributed by atoms with van der Waals surface area (Å²) in [6.07, 6.45) is 1.44. The molecule has 0 aliphatic carbocycles. The first-order valence-electron chi connectivity index (χ1n) is 7.63. The normalized spacial score (nSPS) is 10.6. The molecule has 0 saturated carbocycles. The van der Waals surface area contributed by atoms with Gasteiger partial charge in [0.25, 0.3) is 5.91 Å². The summed E-state index contributed by atoms with van der Waals surface area (Å²) in [6.45, 7) is 0. The molecule has 0 spiro atoms. The molecule has 2 aromatic carbocycles. The molecular formula is C19H13N3O2S. The maximum Gasteiger partial charge on any atom is 0.294 e. The van der Waals surface area contributed by atoms with Crippen LogP contribution in [0.2, 0.25) is 0 Å². The number of hydrogen-bond donors (Lipinski definition) is 1. The Hall–Kier alpha value is -3.25. The first-order chi connectivity index (χ1) is 12.3. The largest absolute Gasteiger partial charge is 0.351 e. The molecule has 0 aliphatic heterocycles. The zero-order valence-electron chi connectivity index (χ0n) is 13.0. The van der Waals surface area contributed by atoms with Gasteiger partial charge in [-0.2, -0.15) is 0 Å². The maximum absolute atomic E-state index is 12.1. The van der Waals surface area contributed by atoms with E-state index in [9.17, 15) is 4.79 Å². The van der Waals surface area contributed by atoms with Gasteiger partial charge < -0.3 is 9.84 Å². The average molecular weight is 347 g/mol. The number of aromatic nitrogens is 2. The van der Waals surface area contributed by atoms with Gasteiger partial charge in [-0.05, 0) is 12.1 Å². The second kappa shape index (κ2) is 6.70. The molecule has 0 bridgehead atoms. The Balaban J connectivity index is 1.58. The van der Waals surface area contributed by atoms with Gasteiger partial charge in [0.1, 0.15) is 5.01 Å². The Morgan fingerprint density at radius 1 is 1.00 bits per heavy atom. The van der Waals surface area contributed by atoms with Crippen molar-refractivity contribution < 1.29 is 9.32 Å². The molecule has 0 atom stereocenters. The lowest BCUT2D eigenvalue weighted by molar-refractivity contribution is 0.0988. The van der Waals surface area contributed by atoms with Crippen LogP contribution in [-0.2, 0) is 0 Å². The van der Waals surface area contributed by atoms with Crippen LogP contribution in [0, 0.1) is 0 Å². The van der Waals surface area contributed by atoms with Crippen LogP contribution in [0.5, 0.6) is 0 Å². The highest BCUT2D eigenvalue weighted by molar-refractivity contribution is 7.13. The van der Waals surface area contributed by atoms with Gasteiger partial charge in [-0.15, -0.1) is 11.3 Å². The van der Waals surface area contributed by atoms with Crippen LogP contribution in [-0.4, -0.2) is 16.0 Å². The van der Waals surface area contributed by atoms with Crippen molar-refractivity contribution in [2.24, 2.45) is 0 Å². The Morgan fingerprint density at radius 3 is 2.64 bits per heavy atom. The summed E-state index contributed by atoms with van der Waals surface area (Å²) in [5.41, 5.74) is 3.58. The summed E-state index contributed by atoms with van der Waals surface area (Å²) >= 11 is 1.59. The monoisotopic (exact) mass is 347 g/mol. The maximum atomic E-state index is 12.1. The molecule has 25 heavy (non-hydrogen) atoms. The van der Waals surface area contributed by atoms with Gasteiger partial charge in [-0.1, -0.05) is 47.6 Å². The highest BCUT2D eigenvalue weighted by atomic mass is 32.1. The van der Waals surface area contributed by atoms with Crippen molar-refractivity contribution in [3.05, 3.63) is 78.0 Å². The topological polar surface area (TPSA) is 68.0 Å². The third kappa shape index (κ3) is 3.34. The molecule has 0 fully saturated rings. The number of carbonyl (C=O) groups is 1. The summed E-state index contributed by atoms with van der Waals surface area (Å²) in [5.74, 6) is -0.164.